The Labute approximate surface area is 119 Å². The van der Waals surface area contributed by atoms with E-state index in [9.17, 15) is 5.11 Å². The number of aliphatic hydroxyl groups is 1. The number of rotatable bonds is 5. The predicted molar refractivity (Wildman–Crippen MR) is 81.0 cm³/mol. The second kappa shape index (κ2) is 6.16. The van der Waals surface area contributed by atoms with Gasteiger partial charge in [0.25, 0.3) is 0 Å². The molecule has 1 aliphatic carbocycles. The van der Waals surface area contributed by atoms with Crippen LogP contribution in [0.25, 0.3) is 0 Å². The number of ether oxygens (including phenoxy) is 1. The van der Waals surface area contributed by atoms with Gasteiger partial charge in [-0.2, -0.15) is 11.8 Å². The molecule has 2 rings (SSSR count). The smallest absolute Gasteiger partial charge is 0.119 e. The Balaban J connectivity index is 2.18. The zero-order valence-corrected chi connectivity index (χ0v) is 12.8. The maximum absolute atomic E-state index is 9.68. The maximum Gasteiger partial charge on any atom is 0.119 e. The monoisotopic (exact) mass is 281 g/mol. The molecule has 1 aliphatic rings. The Hall–Kier alpha value is -0.710. The van der Waals surface area contributed by atoms with Crippen molar-refractivity contribution in [3.05, 3.63) is 29.3 Å². The standard InChI is InChI=1S/C15H23NO2S/c1-9(17)10(2)19-14-7-11-5-6-12(18-4)8-13(11)15(14)16-3/h5-6,8-10,14-17H,7H2,1-4H3. The molecule has 4 atom stereocenters. The van der Waals surface area contributed by atoms with Crippen LogP contribution in [0.4, 0.5) is 0 Å². The van der Waals surface area contributed by atoms with Crippen molar-refractivity contribution in [1.29, 1.82) is 0 Å². The van der Waals surface area contributed by atoms with Crippen molar-refractivity contribution in [3.8, 4) is 5.75 Å². The minimum Gasteiger partial charge on any atom is -0.497 e. The molecule has 4 unspecified atom stereocenters. The molecule has 0 aliphatic heterocycles. The average Bonchev–Trinajstić information content (AvgIpc) is 2.74. The van der Waals surface area contributed by atoms with E-state index in [1.807, 2.05) is 31.8 Å². The van der Waals surface area contributed by atoms with Gasteiger partial charge in [0.05, 0.1) is 13.2 Å². The number of aliphatic hydroxyl groups excluding tert-OH is 1. The lowest BCUT2D eigenvalue weighted by Gasteiger charge is -2.24. The molecule has 0 fully saturated rings. The third-order valence-electron chi connectivity index (χ3n) is 3.86. The number of nitrogens with one attached hydrogen (secondary N) is 1. The molecule has 0 spiro atoms. The molecule has 0 radical (unpaired) electrons. The number of fused-ring (bicyclic) bond motifs is 1. The largest absolute Gasteiger partial charge is 0.497 e. The first-order valence-electron chi connectivity index (χ1n) is 6.74. The summed E-state index contributed by atoms with van der Waals surface area (Å²) in [6.07, 6.45) is 0.771. The van der Waals surface area contributed by atoms with Gasteiger partial charge in [-0.3, -0.25) is 0 Å². The molecule has 19 heavy (non-hydrogen) atoms. The van der Waals surface area contributed by atoms with Crippen molar-refractivity contribution in [1.82, 2.24) is 5.32 Å². The first kappa shape index (κ1) is 14.7. The summed E-state index contributed by atoms with van der Waals surface area (Å²) in [6, 6.07) is 6.64. The van der Waals surface area contributed by atoms with Crippen molar-refractivity contribution in [2.45, 2.75) is 42.9 Å². The van der Waals surface area contributed by atoms with Gasteiger partial charge < -0.3 is 15.2 Å². The van der Waals surface area contributed by atoms with Gasteiger partial charge in [0, 0.05) is 16.5 Å². The van der Waals surface area contributed by atoms with E-state index < -0.39 is 0 Å². The van der Waals surface area contributed by atoms with E-state index in [1.165, 1.54) is 11.1 Å². The highest BCUT2D eigenvalue weighted by molar-refractivity contribution is 8.00. The summed E-state index contributed by atoms with van der Waals surface area (Å²) >= 11 is 1.86. The van der Waals surface area contributed by atoms with E-state index in [0.29, 0.717) is 11.3 Å². The predicted octanol–water partition coefficient (Wildman–Crippen LogP) is 2.38. The van der Waals surface area contributed by atoms with Crippen LogP contribution in [-0.2, 0) is 6.42 Å². The normalized spacial score (nSPS) is 24.9. The lowest BCUT2D eigenvalue weighted by Crippen LogP contribution is -2.27. The van der Waals surface area contributed by atoms with Crippen LogP contribution in [0.3, 0.4) is 0 Å². The van der Waals surface area contributed by atoms with Gasteiger partial charge in [-0.15, -0.1) is 0 Å². The van der Waals surface area contributed by atoms with Crippen molar-refractivity contribution < 1.29 is 9.84 Å². The summed E-state index contributed by atoms with van der Waals surface area (Å²) in [5.74, 6) is 0.910. The van der Waals surface area contributed by atoms with Crippen LogP contribution >= 0.6 is 11.8 Å². The molecule has 0 bridgehead atoms. The number of thioether (sulfide) groups is 1. The van der Waals surface area contributed by atoms with Crippen molar-refractivity contribution in [2.75, 3.05) is 14.2 Å². The van der Waals surface area contributed by atoms with Gasteiger partial charge in [0.15, 0.2) is 0 Å². The van der Waals surface area contributed by atoms with Crippen LogP contribution in [0, 0.1) is 0 Å². The first-order valence-corrected chi connectivity index (χ1v) is 7.68. The van der Waals surface area contributed by atoms with Crippen molar-refractivity contribution in [2.24, 2.45) is 0 Å². The van der Waals surface area contributed by atoms with Crippen molar-refractivity contribution >= 4 is 11.8 Å². The highest BCUT2D eigenvalue weighted by atomic mass is 32.2. The second-order valence-electron chi connectivity index (χ2n) is 5.16. The zero-order chi connectivity index (χ0) is 14.0. The van der Waals surface area contributed by atoms with Crippen LogP contribution in [0.5, 0.6) is 5.75 Å². The minimum atomic E-state index is -0.277. The summed E-state index contributed by atoms with van der Waals surface area (Å²) in [5, 5.41) is 13.8. The Morgan fingerprint density at radius 1 is 1.42 bits per heavy atom. The molecular formula is C15H23NO2S. The zero-order valence-electron chi connectivity index (χ0n) is 12.0. The van der Waals surface area contributed by atoms with Gasteiger partial charge in [0.2, 0.25) is 0 Å². The van der Waals surface area contributed by atoms with E-state index in [1.54, 1.807) is 7.11 Å². The van der Waals surface area contributed by atoms with Gasteiger partial charge >= 0.3 is 0 Å². The molecule has 0 aromatic heterocycles. The highest BCUT2D eigenvalue weighted by Gasteiger charge is 2.33. The Morgan fingerprint density at radius 2 is 2.16 bits per heavy atom. The molecule has 2 N–H and O–H groups in total. The quantitative estimate of drug-likeness (QED) is 0.869. The lowest BCUT2D eigenvalue weighted by atomic mass is 10.1. The van der Waals surface area contributed by atoms with Crippen LogP contribution in [-0.4, -0.2) is 35.9 Å². The Morgan fingerprint density at radius 3 is 2.74 bits per heavy atom. The summed E-state index contributed by atoms with van der Waals surface area (Å²) in [4.78, 5) is 0. The number of hydrogen-bond donors (Lipinski definition) is 2. The van der Waals surface area contributed by atoms with Crippen LogP contribution in [0.2, 0.25) is 0 Å². The number of benzene rings is 1. The molecule has 1 aromatic carbocycles. The van der Waals surface area contributed by atoms with E-state index in [-0.39, 0.29) is 11.4 Å². The van der Waals surface area contributed by atoms with E-state index in [4.69, 9.17) is 4.74 Å². The molecule has 3 nitrogen and oxygen atoms in total. The third-order valence-corrected chi connectivity index (χ3v) is 5.47. The van der Waals surface area contributed by atoms with E-state index in [0.717, 1.165) is 12.2 Å². The van der Waals surface area contributed by atoms with Gasteiger partial charge in [0.1, 0.15) is 5.75 Å². The van der Waals surface area contributed by atoms with Gasteiger partial charge in [-0.25, -0.2) is 0 Å². The lowest BCUT2D eigenvalue weighted by molar-refractivity contribution is 0.196. The fourth-order valence-electron chi connectivity index (χ4n) is 2.57. The molecular weight excluding hydrogens is 258 g/mol. The summed E-state index contributed by atoms with van der Waals surface area (Å²) in [7, 11) is 3.70. The van der Waals surface area contributed by atoms with Gasteiger partial charge in [-0.1, -0.05) is 13.0 Å². The van der Waals surface area contributed by atoms with Gasteiger partial charge in [-0.05, 0) is 43.7 Å². The van der Waals surface area contributed by atoms with Crippen LogP contribution in [0.1, 0.15) is 31.0 Å². The first-order chi connectivity index (χ1) is 9.06. The molecule has 106 valence electrons. The molecule has 4 heteroatoms. The molecule has 0 amide bonds. The summed E-state index contributed by atoms with van der Waals surface area (Å²) in [5.41, 5.74) is 2.72. The topological polar surface area (TPSA) is 41.5 Å². The Kier molecular flexibility index (Phi) is 4.76. The van der Waals surface area contributed by atoms with E-state index in [2.05, 4.69) is 24.4 Å². The summed E-state index contributed by atoms with van der Waals surface area (Å²) in [6.45, 7) is 3.95. The molecule has 0 saturated heterocycles. The highest BCUT2D eigenvalue weighted by Crippen LogP contribution is 2.41. The average molecular weight is 281 g/mol. The Bertz CT molecular complexity index is 436. The minimum absolute atomic E-state index is 0.247. The number of methoxy groups -OCH3 is 1. The maximum atomic E-state index is 9.68. The molecule has 1 aromatic rings. The second-order valence-corrected chi connectivity index (χ2v) is 6.78. The number of hydrogen-bond acceptors (Lipinski definition) is 4. The van der Waals surface area contributed by atoms with Crippen molar-refractivity contribution in [3.63, 3.8) is 0 Å². The fourth-order valence-corrected chi connectivity index (χ4v) is 4.06. The SMILES string of the molecule is CNC1c2cc(OC)ccc2CC1SC(C)C(C)O. The van der Waals surface area contributed by atoms with E-state index >= 15 is 0 Å². The molecule has 0 heterocycles. The summed E-state index contributed by atoms with van der Waals surface area (Å²) < 4.78 is 5.31. The third kappa shape index (κ3) is 3.07. The van der Waals surface area contributed by atoms with Crippen LogP contribution < -0.4 is 10.1 Å². The molecule has 0 saturated carbocycles. The van der Waals surface area contributed by atoms with Crippen LogP contribution in [0.15, 0.2) is 18.2 Å². The fraction of sp³-hybridized carbons (Fsp3) is 0.600.